The number of anilines is 2. The first kappa shape index (κ1) is 19.2. The van der Waals surface area contributed by atoms with Gasteiger partial charge in [0.1, 0.15) is 5.75 Å². The number of nitrogens with one attached hydrogen (secondary N) is 1. The Kier molecular flexibility index (Phi) is 6.07. The topological polar surface area (TPSA) is 44.8 Å². The Balaban J connectivity index is 1.24. The van der Waals surface area contributed by atoms with Crippen LogP contribution in [0, 0.1) is 0 Å². The molecular weight excluding hydrogens is 370 g/mol. The van der Waals surface area contributed by atoms with Crippen LogP contribution in [-0.2, 0) is 4.79 Å². The van der Waals surface area contributed by atoms with Gasteiger partial charge in [-0.3, -0.25) is 9.69 Å². The van der Waals surface area contributed by atoms with Crippen LogP contribution in [0.25, 0.3) is 0 Å². The molecule has 2 heterocycles. The van der Waals surface area contributed by atoms with E-state index in [9.17, 15) is 4.79 Å². The summed E-state index contributed by atoms with van der Waals surface area (Å²) in [6.45, 7) is 5.35. The van der Waals surface area contributed by atoms with Crippen LogP contribution in [0.3, 0.4) is 0 Å². The maximum atomic E-state index is 12.5. The van der Waals surface area contributed by atoms with Crippen molar-refractivity contribution in [1.29, 1.82) is 0 Å². The highest BCUT2D eigenvalue weighted by Gasteiger charge is 2.28. The predicted octanol–water partition coefficient (Wildman–Crippen LogP) is 3.71. The fourth-order valence-corrected chi connectivity index (χ4v) is 5.06. The standard InChI is InChI=1S/C22H27N3O2S/c1-27-18-9-5-10-19-21(18)23-22(26)20(28-19)11-6-12-24-13-15-25(16-14-24)17-7-3-2-4-8-17/h2-5,7-10,20H,6,11-16H2,1H3,(H,23,26). The first-order valence-electron chi connectivity index (χ1n) is 9.91. The van der Waals surface area contributed by atoms with Crippen LogP contribution in [0.4, 0.5) is 11.4 Å². The Labute approximate surface area is 171 Å². The largest absolute Gasteiger partial charge is 0.495 e. The summed E-state index contributed by atoms with van der Waals surface area (Å²) < 4.78 is 5.36. The van der Waals surface area contributed by atoms with Crippen LogP contribution in [0.1, 0.15) is 12.8 Å². The van der Waals surface area contributed by atoms with Gasteiger partial charge in [0, 0.05) is 36.8 Å². The Morgan fingerprint density at radius 2 is 1.86 bits per heavy atom. The molecule has 0 bridgehead atoms. The van der Waals surface area contributed by atoms with E-state index in [1.54, 1.807) is 18.9 Å². The third-order valence-corrected chi connectivity index (χ3v) is 6.78. The zero-order valence-electron chi connectivity index (χ0n) is 16.3. The fraction of sp³-hybridized carbons (Fsp3) is 0.409. The van der Waals surface area contributed by atoms with Gasteiger partial charge in [0.2, 0.25) is 5.91 Å². The maximum absolute atomic E-state index is 12.5. The van der Waals surface area contributed by atoms with E-state index in [0.717, 1.165) is 61.9 Å². The minimum Gasteiger partial charge on any atom is -0.495 e. The van der Waals surface area contributed by atoms with Crippen molar-refractivity contribution in [3.8, 4) is 5.75 Å². The van der Waals surface area contributed by atoms with Crippen LogP contribution in [0.15, 0.2) is 53.4 Å². The van der Waals surface area contributed by atoms with Crippen molar-refractivity contribution >= 4 is 29.0 Å². The van der Waals surface area contributed by atoms with Crippen molar-refractivity contribution in [3.05, 3.63) is 48.5 Å². The molecule has 1 N–H and O–H groups in total. The summed E-state index contributed by atoms with van der Waals surface area (Å²) in [6.07, 6.45) is 1.93. The minimum atomic E-state index is -0.0230. The van der Waals surface area contributed by atoms with E-state index in [1.807, 2.05) is 12.1 Å². The molecular formula is C22H27N3O2S. The molecule has 2 aliphatic heterocycles. The maximum Gasteiger partial charge on any atom is 0.237 e. The molecule has 2 aromatic rings. The summed E-state index contributed by atoms with van der Waals surface area (Å²) in [5.74, 6) is 0.823. The zero-order valence-corrected chi connectivity index (χ0v) is 17.1. The number of thioether (sulfide) groups is 1. The van der Waals surface area contributed by atoms with E-state index in [1.165, 1.54) is 5.69 Å². The molecule has 28 heavy (non-hydrogen) atoms. The number of hydrogen-bond donors (Lipinski definition) is 1. The van der Waals surface area contributed by atoms with Crippen molar-refractivity contribution in [2.75, 3.05) is 50.1 Å². The summed E-state index contributed by atoms with van der Waals surface area (Å²) in [5.41, 5.74) is 2.12. The Morgan fingerprint density at radius 3 is 2.61 bits per heavy atom. The predicted molar refractivity (Wildman–Crippen MR) is 116 cm³/mol. The number of nitrogens with zero attached hydrogens (tertiary/aromatic N) is 2. The van der Waals surface area contributed by atoms with Crippen LogP contribution < -0.4 is 15.0 Å². The second kappa shape index (κ2) is 8.88. The molecule has 148 valence electrons. The molecule has 0 saturated carbocycles. The summed E-state index contributed by atoms with van der Waals surface area (Å²) >= 11 is 1.66. The minimum absolute atomic E-state index is 0.0230. The van der Waals surface area contributed by atoms with Gasteiger partial charge in [-0.1, -0.05) is 24.3 Å². The molecule has 0 aliphatic carbocycles. The average Bonchev–Trinajstić information content (AvgIpc) is 2.75. The molecule has 2 aromatic carbocycles. The average molecular weight is 398 g/mol. The molecule has 6 heteroatoms. The second-order valence-electron chi connectivity index (χ2n) is 7.24. The third-order valence-electron chi connectivity index (χ3n) is 5.45. The number of amides is 1. The van der Waals surface area contributed by atoms with Crippen molar-refractivity contribution in [2.24, 2.45) is 0 Å². The van der Waals surface area contributed by atoms with Crippen molar-refractivity contribution in [1.82, 2.24) is 4.90 Å². The lowest BCUT2D eigenvalue weighted by atomic mass is 10.1. The Bertz CT molecular complexity index is 807. The van der Waals surface area contributed by atoms with Crippen LogP contribution >= 0.6 is 11.8 Å². The second-order valence-corrected chi connectivity index (χ2v) is 8.48. The third kappa shape index (κ3) is 4.28. The van der Waals surface area contributed by atoms with Crippen molar-refractivity contribution < 1.29 is 9.53 Å². The number of hydrogen-bond acceptors (Lipinski definition) is 5. The van der Waals surface area contributed by atoms with Crippen LogP contribution in [0.5, 0.6) is 5.75 Å². The highest BCUT2D eigenvalue weighted by molar-refractivity contribution is 8.01. The van der Waals surface area contributed by atoms with E-state index >= 15 is 0 Å². The summed E-state index contributed by atoms with van der Waals surface area (Å²) in [4.78, 5) is 18.6. The normalized spacial score (nSPS) is 19.8. The molecule has 1 saturated heterocycles. The van der Waals surface area contributed by atoms with E-state index in [0.29, 0.717) is 0 Å². The van der Waals surface area contributed by atoms with E-state index in [4.69, 9.17) is 4.74 Å². The molecule has 0 radical (unpaired) electrons. The van der Waals surface area contributed by atoms with Gasteiger partial charge in [0.05, 0.1) is 18.0 Å². The number of carbonyl (C=O) groups excluding carboxylic acids is 1. The Morgan fingerprint density at radius 1 is 1.07 bits per heavy atom. The molecule has 1 fully saturated rings. The molecule has 1 unspecified atom stereocenters. The highest BCUT2D eigenvalue weighted by atomic mass is 32.2. The molecule has 0 aromatic heterocycles. The van der Waals surface area contributed by atoms with Gasteiger partial charge in [-0.2, -0.15) is 0 Å². The van der Waals surface area contributed by atoms with Crippen molar-refractivity contribution in [2.45, 2.75) is 23.0 Å². The lowest BCUT2D eigenvalue weighted by molar-refractivity contribution is -0.116. The van der Waals surface area contributed by atoms with Gasteiger partial charge >= 0.3 is 0 Å². The molecule has 0 spiro atoms. The summed E-state index contributed by atoms with van der Waals surface area (Å²) in [6, 6.07) is 16.5. The molecule has 2 aliphatic rings. The first-order chi connectivity index (χ1) is 13.7. The number of ether oxygens (including phenoxy) is 1. The Hall–Kier alpha value is -2.18. The molecule has 1 amide bonds. The van der Waals surface area contributed by atoms with E-state index < -0.39 is 0 Å². The van der Waals surface area contributed by atoms with Crippen LogP contribution in [0.2, 0.25) is 0 Å². The summed E-state index contributed by atoms with van der Waals surface area (Å²) in [5, 5.41) is 3.01. The van der Waals surface area contributed by atoms with Gasteiger partial charge in [0.25, 0.3) is 0 Å². The van der Waals surface area contributed by atoms with Crippen molar-refractivity contribution in [3.63, 3.8) is 0 Å². The number of para-hydroxylation sites is 2. The SMILES string of the molecule is COc1cccc2c1NC(=O)C(CCCN1CCN(c3ccccc3)CC1)S2. The van der Waals surface area contributed by atoms with Gasteiger partial charge in [0.15, 0.2) is 0 Å². The van der Waals surface area contributed by atoms with E-state index in [-0.39, 0.29) is 11.2 Å². The smallest absolute Gasteiger partial charge is 0.237 e. The quantitative estimate of drug-likeness (QED) is 0.805. The molecule has 1 atom stereocenters. The fourth-order valence-electron chi connectivity index (χ4n) is 3.87. The number of rotatable bonds is 6. The number of methoxy groups -OCH3 is 1. The van der Waals surface area contributed by atoms with Gasteiger partial charge in [-0.25, -0.2) is 0 Å². The van der Waals surface area contributed by atoms with Gasteiger partial charge in [-0.15, -0.1) is 11.8 Å². The zero-order chi connectivity index (χ0) is 19.3. The van der Waals surface area contributed by atoms with E-state index in [2.05, 4.69) is 51.5 Å². The lowest BCUT2D eigenvalue weighted by Crippen LogP contribution is -2.46. The summed E-state index contributed by atoms with van der Waals surface area (Å²) in [7, 11) is 1.63. The molecule has 5 nitrogen and oxygen atoms in total. The van der Waals surface area contributed by atoms with Gasteiger partial charge < -0.3 is 15.0 Å². The number of benzene rings is 2. The van der Waals surface area contributed by atoms with Gasteiger partial charge in [-0.05, 0) is 43.7 Å². The highest BCUT2D eigenvalue weighted by Crippen LogP contribution is 2.42. The number of fused-ring (bicyclic) bond motifs is 1. The van der Waals surface area contributed by atoms with Crippen LogP contribution in [-0.4, -0.2) is 55.9 Å². The molecule has 4 rings (SSSR count). The lowest BCUT2D eigenvalue weighted by Gasteiger charge is -2.36. The first-order valence-corrected chi connectivity index (χ1v) is 10.8. The number of piperazine rings is 1. The monoisotopic (exact) mass is 397 g/mol. The number of carbonyl (C=O) groups is 1.